The van der Waals surface area contributed by atoms with Crippen LogP contribution in [-0.2, 0) is 5.41 Å². The first kappa shape index (κ1) is 31.8. The molecule has 6 aromatic carbocycles. The van der Waals surface area contributed by atoms with Crippen LogP contribution < -0.4 is 9.80 Å². The third-order valence-corrected chi connectivity index (χ3v) is 11.2. The molecule has 0 radical (unpaired) electrons. The van der Waals surface area contributed by atoms with Gasteiger partial charge in [0.05, 0.1) is 0 Å². The molecule has 0 amide bonds. The maximum absolute atomic E-state index is 2.49. The Hall–Kier alpha value is -6.12. The number of para-hydroxylation sites is 2. The minimum absolute atomic E-state index is 0.145. The number of hydrogen-bond donors (Lipinski definition) is 0. The lowest BCUT2D eigenvalue weighted by atomic mass is 9.76. The summed E-state index contributed by atoms with van der Waals surface area (Å²) in [6.45, 7) is 4.70. The molecule has 3 atom stereocenters. The van der Waals surface area contributed by atoms with E-state index in [0.29, 0.717) is 11.8 Å². The Morgan fingerprint density at radius 2 is 1.13 bits per heavy atom. The number of rotatable bonds is 7. The topological polar surface area (TPSA) is 6.48 Å². The van der Waals surface area contributed by atoms with Crippen molar-refractivity contribution in [3.63, 3.8) is 0 Å². The fourth-order valence-corrected chi connectivity index (χ4v) is 8.32. The minimum atomic E-state index is -0.145. The number of anilines is 4. The first-order chi connectivity index (χ1) is 25.6. The van der Waals surface area contributed by atoms with E-state index in [1.54, 1.807) is 0 Å². The van der Waals surface area contributed by atoms with Crippen LogP contribution in [-0.4, -0.2) is 0 Å². The number of benzene rings is 6. The molecule has 252 valence electrons. The Bertz CT molecular complexity index is 2330. The van der Waals surface area contributed by atoms with Gasteiger partial charge in [-0.15, -0.1) is 0 Å². The second-order valence-corrected chi connectivity index (χ2v) is 14.5. The number of nitrogens with zero attached hydrogens (tertiary/aromatic N) is 2. The summed E-state index contributed by atoms with van der Waals surface area (Å²) in [5.41, 5.74) is 14.7. The maximum atomic E-state index is 2.49. The van der Waals surface area contributed by atoms with Crippen LogP contribution in [0.25, 0.3) is 22.3 Å². The molecule has 1 aliphatic heterocycles. The van der Waals surface area contributed by atoms with E-state index >= 15 is 0 Å². The van der Waals surface area contributed by atoms with Crippen LogP contribution in [0.4, 0.5) is 22.7 Å². The van der Waals surface area contributed by atoms with E-state index < -0.39 is 0 Å². The number of allylic oxidation sites excluding steroid dienone is 7. The molecule has 0 fully saturated rings. The zero-order chi connectivity index (χ0) is 35.1. The summed E-state index contributed by atoms with van der Waals surface area (Å²) in [5.74, 6) is 0.939. The average molecular weight is 671 g/mol. The minimum Gasteiger partial charge on any atom is -0.313 e. The predicted octanol–water partition coefficient (Wildman–Crippen LogP) is 13.3. The van der Waals surface area contributed by atoms with Gasteiger partial charge in [0, 0.05) is 45.5 Å². The third kappa shape index (κ3) is 5.61. The summed E-state index contributed by atoms with van der Waals surface area (Å²) in [6.07, 6.45) is 14.7. The third-order valence-electron chi connectivity index (χ3n) is 11.2. The normalized spacial score (nSPS) is 20.2. The lowest BCUT2D eigenvalue weighted by Gasteiger charge is -2.36. The molecule has 3 unspecified atom stereocenters. The largest absolute Gasteiger partial charge is 0.313 e. The maximum Gasteiger partial charge on any atom is 0.0500 e. The highest BCUT2D eigenvalue weighted by atomic mass is 15.2. The molecule has 0 bridgehead atoms. The molecular weight excluding hydrogens is 629 g/mol. The van der Waals surface area contributed by atoms with E-state index in [0.717, 1.165) is 17.8 Å². The molecule has 0 saturated heterocycles. The van der Waals surface area contributed by atoms with E-state index in [9.17, 15) is 0 Å². The van der Waals surface area contributed by atoms with Crippen LogP contribution in [0.15, 0.2) is 206 Å². The first-order valence-corrected chi connectivity index (χ1v) is 18.4. The monoisotopic (exact) mass is 670 g/mol. The summed E-state index contributed by atoms with van der Waals surface area (Å²) in [4.78, 5) is 4.89. The van der Waals surface area contributed by atoms with E-state index in [4.69, 9.17) is 0 Å². The molecule has 0 aromatic heterocycles. The zero-order valence-electron chi connectivity index (χ0n) is 29.7. The van der Waals surface area contributed by atoms with Gasteiger partial charge in [-0.05, 0) is 101 Å². The summed E-state index contributed by atoms with van der Waals surface area (Å²) in [7, 11) is 0. The van der Waals surface area contributed by atoms with Crippen LogP contribution in [0.3, 0.4) is 0 Å². The molecule has 3 aliphatic rings. The van der Waals surface area contributed by atoms with Crippen LogP contribution in [0.2, 0.25) is 0 Å². The van der Waals surface area contributed by atoms with E-state index in [2.05, 4.69) is 218 Å². The number of hydrogen-bond acceptors (Lipinski definition) is 2. The van der Waals surface area contributed by atoms with E-state index in [-0.39, 0.29) is 5.41 Å². The van der Waals surface area contributed by atoms with Crippen molar-refractivity contribution >= 4 is 22.7 Å². The Balaban J connectivity index is 1.07. The summed E-state index contributed by atoms with van der Waals surface area (Å²) in [5, 5.41) is 0. The van der Waals surface area contributed by atoms with Crippen molar-refractivity contribution in [2.75, 3.05) is 9.80 Å². The van der Waals surface area contributed by atoms with Gasteiger partial charge in [0.15, 0.2) is 0 Å². The SMILES string of the molecule is CC1C=CC=CC1c1ccc(-c2ccc(N3C4=CC(N(c5ccccc5)c5ccc(-c6ccccc6)cc5)=CCC4(C)c4ccccc43)cc2)cc1. The highest BCUT2D eigenvalue weighted by molar-refractivity contribution is 5.83. The highest BCUT2D eigenvalue weighted by Crippen LogP contribution is 2.55. The molecule has 0 N–H and O–H groups in total. The van der Waals surface area contributed by atoms with E-state index in [1.165, 1.54) is 56.1 Å². The Morgan fingerprint density at radius 1 is 0.577 bits per heavy atom. The van der Waals surface area contributed by atoms with Gasteiger partial charge < -0.3 is 9.80 Å². The van der Waals surface area contributed by atoms with Crippen molar-refractivity contribution in [1.82, 2.24) is 0 Å². The lowest BCUT2D eigenvalue weighted by molar-refractivity contribution is 0.572. The average Bonchev–Trinajstić information content (AvgIpc) is 3.47. The molecule has 52 heavy (non-hydrogen) atoms. The van der Waals surface area contributed by atoms with Gasteiger partial charge in [-0.1, -0.05) is 153 Å². The van der Waals surface area contributed by atoms with Crippen LogP contribution in [0.1, 0.15) is 37.3 Å². The molecule has 2 heteroatoms. The highest BCUT2D eigenvalue weighted by Gasteiger charge is 2.45. The Morgan fingerprint density at radius 3 is 1.83 bits per heavy atom. The molecule has 0 saturated carbocycles. The van der Waals surface area contributed by atoms with Gasteiger partial charge in [-0.25, -0.2) is 0 Å². The first-order valence-electron chi connectivity index (χ1n) is 18.4. The molecular formula is C50H42N2. The Labute approximate surface area is 308 Å². The summed E-state index contributed by atoms with van der Waals surface area (Å²) >= 11 is 0. The predicted molar refractivity (Wildman–Crippen MR) is 219 cm³/mol. The number of fused-ring (bicyclic) bond motifs is 3. The van der Waals surface area contributed by atoms with Gasteiger partial charge in [0.25, 0.3) is 0 Å². The molecule has 0 spiro atoms. The van der Waals surface area contributed by atoms with Crippen molar-refractivity contribution in [2.24, 2.45) is 5.92 Å². The second-order valence-electron chi connectivity index (χ2n) is 14.5. The smallest absolute Gasteiger partial charge is 0.0500 e. The van der Waals surface area contributed by atoms with Crippen LogP contribution >= 0.6 is 0 Å². The summed E-state index contributed by atoms with van der Waals surface area (Å²) < 4.78 is 0. The standard InChI is InChI=1S/C50H42N2/c1-36-13-9-10-18-46(36)41-23-21-38(22-24-41)40-27-31-44(32-28-40)52-48-20-12-11-19-47(48)50(2)34-33-45(35-49(50)52)51(42-16-7-4-8-17-42)43-29-25-39(26-30-43)37-14-5-3-6-15-37/h3-33,35-36,46H,34H2,1-2H3. The quantitative estimate of drug-likeness (QED) is 0.167. The van der Waals surface area contributed by atoms with Crippen LogP contribution in [0, 0.1) is 5.92 Å². The van der Waals surface area contributed by atoms with Gasteiger partial charge in [0.1, 0.15) is 0 Å². The van der Waals surface area contributed by atoms with Crippen LogP contribution in [0.5, 0.6) is 0 Å². The fourth-order valence-electron chi connectivity index (χ4n) is 8.32. The van der Waals surface area contributed by atoms with Crippen molar-refractivity contribution in [2.45, 2.75) is 31.6 Å². The fraction of sp³-hybridized carbons (Fsp3) is 0.120. The second kappa shape index (κ2) is 13.2. The van der Waals surface area contributed by atoms with Gasteiger partial charge in [0.2, 0.25) is 0 Å². The molecule has 6 aromatic rings. The zero-order valence-corrected chi connectivity index (χ0v) is 29.7. The summed E-state index contributed by atoms with van der Waals surface area (Å²) in [6, 6.07) is 57.5. The van der Waals surface area contributed by atoms with Crippen molar-refractivity contribution in [1.29, 1.82) is 0 Å². The van der Waals surface area contributed by atoms with Gasteiger partial charge in [-0.2, -0.15) is 0 Å². The molecule has 1 heterocycles. The molecule has 2 nitrogen and oxygen atoms in total. The lowest BCUT2D eigenvalue weighted by Crippen LogP contribution is -2.30. The van der Waals surface area contributed by atoms with Crippen molar-refractivity contribution in [3.8, 4) is 22.3 Å². The van der Waals surface area contributed by atoms with E-state index in [1.807, 2.05) is 0 Å². The van der Waals surface area contributed by atoms with Crippen molar-refractivity contribution in [3.05, 3.63) is 217 Å². The molecule has 9 rings (SSSR count). The van der Waals surface area contributed by atoms with Gasteiger partial charge >= 0.3 is 0 Å². The van der Waals surface area contributed by atoms with Gasteiger partial charge in [-0.3, -0.25) is 0 Å². The Kier molecular flexibility index (Phi) is 8.09. The van der Waals surface area contributed by atoms with Crippen molar-refractivity contribution < 1.29 is 0 Å². The molecule has 2 aliphatic carbocycles.